The van der Waals surface area contributed by atoms with Gasteiger partial charge in [0.05, 0.1) is 12.7 Å². The molecule has 0 aliphatic heterocycles. The van der Waals surface area contributed by atoms with Crippen LogP contribution in [0.3, 0.4) is 0 Å². The van der Waals surface area contributed by atoms with Gasteiger partial charge in [0.15, 0.2) is 0 Å². The molecule has 0 bridgehead atoms. The molecular weight excluding hydrogens is 529 g/mol. The van der Waals surface area contributed by atoms with Crippen molar-refractivity contribution >= 4 is 58.0 Å². The number of ether oxygens (including phenoxy) is 1. The third-order valence-corrected chi connectivity index (χ3v) is 8.48. The van der Waals surface area contributed by atoms with Crippen LogP contribution < -0.4 is 5.32 Å². The molecule has 5 nitrogen and oxygen atoms in total. The normalized spacial score (nSPS) is 21.7. The van der Waals surface area contributed by atoms with E-state index in [2.05, 4.69) is 5.32 Å². The molecular formula is C26H32Cl3NO4S. The summed E-state index contributed by atoms with van der Waals surface area (Å²) in [6.45, 7) is 2.22. The number of carbonyl (C=O) groups excluding carboxylic acids is 2. The summed E-state index contributed by atoms with van der Waals surface area (Å²) in [7, 11) is 0. The van der Waals surface area contributed by atoms with Crippen molar-refractivity contribution < 1.29 is 19.4 Å². The molecule has 0 unspecified atom stereocenters. The molecule has 9 heteroatoms. The van der Waals surface area contributed by atoms with Crippen LogP contribution in [-0.4, -0.2) is 41.6 Å². The van der Waals surface area contributed by atoms with Gasteiger partial charge >= 0.3 is 5.97 Å². The molecule has 1 aromatic carbocycles. The van der Waals surface area contributed by atoms with Gasteiger partial charge in [0.25, 0.3) is 0 Å². The summed E-state index contributed by atoms with van der Waals surface area (Å²) >= 11 is 20.3. The van der Waals surface area contributed by atoms with E-state index in [1.165, 1.54) is 18.3 Å². The molecule has 3 rings (SSSR count). The summed E-state index contributed by atoms with van der Waals surface area (Å²) in [6, 6.07) is 9.34. The summed E-state index contributed by atoms with van der Waals surface area (Å²) in [5.41, 5.74) is 1.07. The fourth-order valence-corrected chi connectivity index (χ4v) is 6.74. The molecule has 1 aromatic heterocycles. The van der Waals surface area contributed by atoms with E-state index in [1.807, 2.05) is 18.2 Å². The quantitative estimate of drug-likeness (QED) is 0.182. The molecule has 0 spiro atoms. The fraction of sp³-hybridized carbons (Fsp3) is 0.538. The van der Waals surface area contributed by atoms with Crippen LogP contribution >= 0.6 is 46.1 Å². The number of hydrogen-bond donors (Lipinski definition) is 2. The molecule has 2 N–H and O–H groups in total. The Kier molecular flexibility index (Phi) is 11.2. The van der Waals surface area contributed by atoms with E-state index in [0.29, 0.717) is 34.3 Å². The lowest BCUT2D eigenvalue weighted by Gasteiger charge is -2.23. The lowest BCUT2D eigenvalue weighted by Crippen LogP contribution is -2.22. The standard InChI is InChI=1S/C26H32Cl3NO4S/c1-16(31)30-10-3-11-34-26(33)25-9-7-20(35-25)4-2-5-21-22(24(32)15-23(21)29)8-6-17-12-18(27)14-19(28)13-17/h7,9,12-14,21-24,32H,2-6,8,10-11,15H2,1H3,(H,30,31)/t21-,22-,23-,24-/m1/s1. The van der Waals surface area contributed by atoms with E-state index in [0.717, 1.165) is 42.5 Å². The van der Waals surface area contributed by atoms with Gasteiger partial charge in [-0.3, -0.25) is 4.79 Å². The van der Waals surface area contributed by atoms with E-state index >= 15 is 0 Å². The maximum absolute atomic E-state index is 12.2. The molecule has 192 valence electrons. The second-order valence-electron chi connectivity index (χ2n) is 9.09. The average Bonchev–Trinajstić information content (AvgIpc) is 3.35. The smallest absolute Gasteiger partial charge is 0.348 e. The van der Waals surface area contributed by atoms with Crippen molar-refractivity contribution in [1.29, 1.82) is 0 Å². The number of esters is 1. The van der Waals surface area contributed by atoms with Gasteiger partial charge in [-0.1, -0.05) is 23.2 Å². The molecule has 1 fully saturated rings. The first-order valence-electron chi connectivity index (χ1n) is 12.0. The Labute approximate surface area is 226 Å². The molecule has 1 amide bonds. The molecule has 1 aliphatic rings. The fourth-order valence-electron chi connectivity index (χ4n) is 4.73. The first kappa shape index (κ1) is 28.3. The molecule has 1 aliphatic carbocycles. The van der Waals surface area contributed by atoms with Crippen LogP contribution in [0.1, 0.15) is 59.1 Å². The highest BCUT2D eigenvalue weighted by molar-refractivity contribution is 7.13. The summed E-state index contributed by atoms with van der Waals surface area (Å²) in [6.07, 6.45) is 5.15. The highest BCUT2D eigenvalue weighted by Crippen LogP contribution is 2.42. The van der Waals surface area contributed by atoms with Crippen molar-refractivity contribution in [3.63, 3.8) is 0 Å². The Morgan fingerprint density at radius 2 is 1.83 bits per heavy atom. The number of amides is 1. The summed E-state index contributed by atoms with van der Waals surface area (Å²) in [5, 5.41) is 14.5. The van der Waals surface area contributed by atoms with Gasteiger partial charge < -0.3 is 15.2 Å². The molecule has 2 aromatic rings. The van der Waals surface area contributed by atoms with Crippen LogP contribution in [0.25, 0.3) is 0 Å². The Hall–Kier alpha value is -1.31. The van der Waals surface area contributed by atoms with Crippen LogP contribution in [0.4, 0.5) is 0 Å². The van der Waals surface area contributed by atoms with Crippen molar-refractivity contribution in [3.8, 4) is 0 Å². The Bertz CT molecular complexity index is 978. The van der Waals surface area contributed by atoms with Crippen molar-refractivity contribution in [3.05, 3.63) is 55.7 Å². The van der Waals surface area contributed by atoms with Gasteiger partial charge in [-0.25, -0.2) is 4.79 Å². The number of thiophene rings is 1. The van der Waals surface area contributed by atoms with Gasteiger partial charge in [0.1, 0.15) is 4.88 Å². The van der Waals surface area contributed by atoms with E-state index in [9.17, 15) is 14.7 Å². The zero-order valence-corrected chi connectivity index (χ0v) is 22.9. The van der Waals surface area contributed by atoms with Crippen molar-refractivity contribution in [2.45, 2.75) is 63.4 Å². The number of carbonyl (C=O) groups is 2. The Balaban J connectivity index is 1.44. The monoisotopic (exact) mass is 559 g/mol. The molecule has 0 saturated heterocycles. The third kappa shape index (κ3) is 8.94. The lowest BCUT2D eigenvalue weighted by atomic mass is 9.85. The number of alkyl halides is 1. The number of nitrogens with one attached hydrogen (secondary N) is 1. The van der Waals surface area contributed by atoms with Crippen LogP contribution in [0, 0.1) is 11.8 Å². The van der Waals surface area contributed by atoms with Crippen LogP contribution in [0.5, 0.6) is 0 Å². The van der Waals surface area contributed by atoms with Gasteiger partial charge in [-0.05, 0) is 92.7 Å². The van der Waals surface area contributed by atoms with Crippen molar-refractivity contribution in [1.82, 2.24) is 5.32 Å². The SMILES string of the molecule is CC(=O)NCCCOC(=O)c1ccc(CCC[C@@H]2[C@@H](CCc3cc(Cl)cc(Cl)c3)[C@H](O)C[C@H]2Cl)s1. The van der Waals surface area contributed by atoms with E-state index in [-0.39, 0.29) is 35.7 Å². The number of aryl methyl sites for hydroxylation is 2. The van der Waals surface area contributed by atoms with Crippen molar-refractivity contribution in [2.24, 2.45) is 11.8 Å². The molecule has 0 radical (unpaired) electrons. The van der Waals surface area contributed by atoms with Crippen LogP contribution in [0.15, 0.2) is 30.3 Å². The predicted octanol–water partition coefficient (Wildman–Crippen LogP) is 6.30. The van der Waals surface area contributed by atoms with Crippen LogP contribution in [-0.2, 0) is 22.4 Å². The zero-order chi connectivity index (χ0) is 25.4. The first-order valence-corrected chi connectivity index (χ1v) is 14.0. The maximum atomic E-state index is 12.2. The van der Waals surface area contributed by atoms with Gasteiger partial charge in [-0.2, -0.15) is 0 Å². The van der Waals surface area contributed by atoms with E-state index in [4.69, 9.17) is 39.5 Å². The highest BCUT2D eigenvalue weighted by Gasteiger charge is 2.40. The largest absolute Gasteiger partial charge is 0.461 e. The number of halogens is 3. The van der Waals surface area contributed by atoms with Gasteiger partial charge in [0.2, 0.25) is 5.91 Å². The molecule has 1 heterocycles. The number of hydrogen-bond acceptors (Lipinski definition) is 5. The second-order valence-corrected chi connectivity index (χ2v) is 11.7. The molecule has 1 saturated carbocycles. The highest BCUT2D eigenvalue weighted by atomic mass is 35.5. The number of aliphatic hydroxyl groups excluding tert-OH is 1. The lowest BCUT2D eigenvalue weighted by molar-refractivity contribution is -0.118. The maximum Gasteiger partial charge on any atom is 0.348 e. The zero-order valence-electron chi connectivity index (χ0n) is 19.8. The van der Waals surface area contributed by atoms with Crippen LogP contribution in [0.2, 0.25) is 10.0 Å². The summed E-state index contributed by atoms with van der Waals surface area (Å²) in [4.78, 5) is 24.8. The first-order chi connectivity index (χ1) is 16.7. The second kappa shape index (κ2) is 13.8. The number of benzene rings is 1. The predicted molar refractivity (Wildman–Crippen MR) is 143 cm³/mol. The Morgan fingerprint density at radius 3 is 2.54 bits per heavy atom. The van der Waals surface area contributed by atoms with E-state index in [1.54, 1.807) is 12.1 Å². The minimum absolute atomic E-state index is 0.0377. The number of rotatable bonds is 12. The summed E-state index contributed by atoms with van der Waals surface area (Å²) < 4.78 is 5.29. The Morgan fingerprint density at radius 1 is 1.09 bits per heavy atom. The van der Waals surface area contributed by atoms with Crippen molar-refractivity contribution in [2.75, 3.05) is 13.2 Å². The number of aliphatic hydroxyl groups is 1. The third-order valence-electron chi connectivity index (χ3n) is 6.42. The molecule has 4 atom stereocenters. The minimum Gasteiger partial charge on any atom is -0.461 e. The molecule has 35 heavy (non-hydrogen) atoms. The van der Waals surface area contributed by atoms with E-state index < -0.39 is 6.10 Å². The summed E-state index contributed by atoms with van der Waals surface area (Å²) in [5.74, 6) is -0.0369. The van der Waals surface area contributed by atoms with Gasteiger partial charge in [-0.15, -0.1) is 22.9 Å². The topological polar surface area (TPSA) is 75.6 Å². The minimum atomic E-state index is -0.397. The van der Waals surface area contributed by atoms with Gasteiger partial charge in [0, 0.05) is 33.8 Å². The average molecular weight is 561 g/mol.